The molecule has 0 fully saturated rings. The minimum atomic E-state index is -0.468. The van der Waals surface area contributed by atoms with E-state index in [0.717, 1.165) is 15.8 Å². The lowest BCUT2D eigenvalue weighted by molar-refractivity contribution is -0.384. The summed E-state index contributed by atoms with van der Waals surface area (Å²) in [6.45, 7) is 5.71. The molecular weight excluding hydrogens is 390 g/mol. The number of hydrogen-bond donors (Lipinski definition) is 0. The molecule has 1 heterocycles. The molecule has 0 aliphatic heterocycles. The van der Waals surface area contributed by atoms with Crippen molar-refractivity contribution in [3.63, 3.8) is 0 Å². The number of carbonyl (C=O) groups is 1. The van der Waals surface area contributed by atoms with Crippen LogP contribution in [0.4, 0.5) is 5.69 Å². The number of ether oxygens (including phenoxy) is 1. The van der Waals surface area contributed by atoms with Gasteiger partial charge in [0.05, 0.1) is 21.7 Å². The Morgan fingerprint density at radius 3 is 2.90 bits per heavy atom. The van der Waals surface area contributed by atoms with Crippen LogP contribution in [0.5, 0.6) is 0 Å². The van der Waals surface area contributed by atoms with Gasteiger partial charge < -0.3 is 9.30 Å². The third kappa shape index (κ3) is 5.24. The summed E-state index contributed by atoms with van der Waals surface area (Å²) in [4.78, 5) is 27.6. The average Bonchev–Trinajstić information content (AvgIpc) is 3.03. The highest BCUT2D eigenvalue weighted by molar-refractivity contribution is 7.16. The SMILES string of the molecule is CCOCCn1c(=NC(=O)C=Cc2cccc([N+](=O)[O-])c2)sc2cc(C)ccc21. The second-order valence-corrected chi connectivity index (χ2v) is 7.35. The van der Waals surface area contributed by atoms with E-state index in [0.29, 0.717) is 30.1 Å². The quantitative estimate of drug-likeness (QED) is 0.253. The van der Waals surface area contributed by atoms with Gasteiger partial charge in [-0.1, -0.05) is 29.5 Å². The summed E-state index contributed by atoms with van der Waals surface area (Å²) in [5.74, 6) is -0.426. The molecule has 150 valence electrons. The first-order valence-corrected chi connectivity index (χ1v) is 9.98. The van der Waals surface area contributed by atoms with Crippen LogP contribution < -0.4 is 4.80 Å². The van der Waals surface area contributed by atoms with Crippen LogP contribution in [0, 0.1) is 17.0 Å². The number of fused-ring (bicyclic) bond motifs is 1. The molecule has 2 aromatic carbocycles. The van der Waals surface area contributed by atoms with Crippen molar-refractivity contribution >= 4 is 39.2 Å². The molecule has 0 atom stereocenters. The predicted molar refractivity (Wildman–Crippen MR) is 114 cm³/mol. The predicted octanol–water partition coefficient (Wildman–Crippen LogP) is 4.10. The first-order valence-electron chi connectivity index (χ1n) is 9.17. The molecule has 0 bridgehead atoms. The van der Waals surface area contributed by atoms with Crippen LogP contribution in [0.3, 0.4) is 0 Å². The molecule has 0 spiro atoms. The Morgan fingerprint density at radius 2 is 2.14 bits per heavy atom. The Labute approximate surface area is 171 Å². The fourth-order valence-corrected chi connectivity index (χ4v) is 3.98. The van der Waals surface area contributed by atoms with E-state index in [2.05, 4.69) is 11.1 Å². The summed E-state index contributed by atoms with van der Waals surface area (Å²) in [5, 5.41) is 10.9. The average molecular weight is 411 g/mol. The van der Waals surface area contributed by atoms with E-state index in [-0.39, 0.29) is 5.69 Å². The molecule has 0 aliphatic rings. The van der Waals surface area contributed by atoms with Crippen molar-refractivity contribution in [3.8, 4) is 0 Å². The van der Waals surface area contributed by atoms with E-state index in [1.54, 1.807) is 12.1 Å². The number of nitro groups is 1. The first-order chi connectivity index (χ1) is 14.0. The fourth-order valence-electron chi connectivity index (χ4n) is 2.82. The molecule has 3 rings (SSSR count). The van der Waals surface area contributed by atoms with E-state index in [1.165, 1.54) is 35.6 Å². The molecule has 3 aromatic rings. The van der Waals surface area contributed by atoms with E-state index < -0.39 is 10.8 Å². The number of non-ortho nitro benzene ring substituents is 1. The maximum absolute atomic E-state index is 12.4. The highest BCUT2D eigenvalue weighted by atomic mass is 32.1. The molecule has 0 N–H and O–H groups in total. The summed E-state index contributed by atoms with van der Waals surface area (Å²) in [5.41, 5.74) is 2.69. The molecule has 29 heavy (non-hydrogen) atoms. The number of carbonyl (C=O) groups excluding carboxylic acids is 1. The van der Waals surface area contributed by atoms with Gasteiger partial charge in [-0.25, -0.2) is 0 Å². The zero-order chi connectivity index (χ0) is 20.8. The lowest BCUT2D eigenvalue weighted by Crippen LogP contribution is -2.19. The Kier molecular flexibility index (Phi) is 6.69. The van der Waals surface area contributed by atoms with Gasteiger partial charge in [0.2, 0.25) is 0 Å². The Balaban J connectivity index is 1.91. The fraction of sp³-hybridized carbons (Fsp3) is 0.238. The second kappa shape index (κ2) is 9.40. The highest BCUT2D eigenvalue weighted by Crippen LogP contribution is 2.19. The maximum Gasteiger partial charge on any atom is 0.272 e. The summed E-state index contributed by atoms with van der Waals surface area (Å²) >= 11 is 1.45. The van der Waals surface area contributed by atoms with Crippen LogP contribution in [-0.4, -0.2) is 28.6 Å². The molecular formula is C21H21N3O4S. The minimum absolute atomic E-state index is 0.0230. The monoisotopic (exact) mass is 411 g/mol. The van der Waals surface area contributed by atoms with E-state index in [4.69, 9.17) is 4.74 Å². The van der Waals surface area contributed by atoms with Crippen molar-refractivity contribution in [2.75, 3.05) is 13.2 Å². The lowest BCUT2D eigenvalue weighted by atomic mass is 10.2. The van der Waals surface area contributed by atoms with E-state index in [1.807, 2.05) is 30.5 Å². The third-order valence-electron chi connectivity index (χ3n) is 4.21. The molecule has 0 saturated heterocycles. The number of aryl methyl sites for hydroxylation is 1. The number of amides is 1. The van der Waals surface area contributed by atoms with Crippen molar-refractivity contribution in [1.29, 1.82) is 0 Å². The second-order valence-electron chi connectivity index (χ2n) is 6.34. The van der Waals surface area contributed by atoms with Crippen LogP contribution >= 0.6 is 11.3 Å². The molecule has 0 radical (unpaired) electrons. The summed E-state index contributed by atoms with van der Waals surface area (Å²) < 4.78 is 8.50. The summed E-state index contributed by atoms with van der Waals surface area (Å²) in [6, 6.07) is 12.2. The largest absolute Gasteiger partial charge is 0.380 e. The third-order valence-corrected chi connectivity index (χ3v) is 5.25. The van der Waals surface area contributed by atoms with Crippen LogP contribution in [0.25, 0.3) is 16.3 Å². The van der Waals surface area contributed by atoms with Crippen molar-refractivity contribution in [1.82, 2.24) is 4.57 Å². The Morgan fingerprint density at radius 1 is 1.31 bits per heavy atom. The van der Waals surface area contributed by atoms with Gasteiger partial charge in [0, 0.05) is 31.4 Å². The summed E-state index contributed by atoms with van der Waals surface area (Å²) in [7, 11) is 0. The van der Waals surface area contributed by atoms with Gasteiger partial charge in [0.1, 0.15) is 0 Å². The number of rotatable bonds is 7. The molecule has 0 aliphatic carbocycles. The lowest BCUT2D eigenvalue weighted by Gasteiger charge is -2.05. The smallest absolute Gasteiger partial charge is 0.272 e. The zero-order valence-corrected chi connectivity index (χ0v) is 17.0. The van der Waals surface area contributed by atoms with Gasteiger partial charge >= 0.3 is 0 Å². The normalized spacial score (nSPS) is 12.1. The zero-order valence-electron chi connectivity index (χ0n) is 16.2. The standard InChI is InChI=1S/C21H21N3O4S/c1-3-28-12-11-23-18-9-7-15(2)13-19(18)29-21(23)22-20(25)10-8-16-5-4-6-17(14-16)24(26)27/h4-10,13-14H,3,11-12H2,1-2H3. The summed E-state index contributed by atoms with van der Waals surface area (Å²) in [6.07, 6.45) is 2.85. The number of benzene rings is 2. The Hall–Kier alpha value is -3.10. The van der Waals surface area contributed by atoms with Crippen molar-refractivity contribution in [3.05, 3.63) is 74.6 Å². The van der Waals surface area contributed by atoms with Crippen molar-refractivity contribution in [2.45, 2.75) is 20.4 Å². The van der Waals surface area contributed by atoms with Gasteiger partial charge in [-0.2, -0.15) is 4.99 Å². The molecule has 0 unspecified atom stereocenters. The number of thiazole rings is 1. The number of nitro benzene ring substituents is 1. The van der Waals surface area contributed by atoms with Crippen LogP contribution in [0.1, 0.15) is 18.1 Å². The van der Waals surface area contributed by atoms with E-state index in [9.17, 15) is 14.9 Å². The van der Waals surface area contributed by atoms with Crippen LogP contribution in [0.2, 0.25) is 0 Å². The molecule has 8 heteroatoms. The first kappa shape index (κ1) is 20.6. The minimum Gasteiger partial charge on any atom is -0.380 e. The molecule has 7 nitrogen and oxygen atoms in total. The number of aromatic nitrogens is 1. The van der Waals surface area contributed by atoms with Crippen LogP contribution in [0.15, 0.2) is 53.5 Å². The van der Waals surface area contributed by atoms with Gasteiger partial charge in [0.25, 0.3) is 11.6 Å². The van der Waals surface area contributed by atoms with Gasteiger partial charge in [0.15, 0.2) is 4.80 Å². The maximum atomic E-state index is 12.4. The van der Waals surface area contributed by atoms with Crippen molar-refractivity contribution < 1.29 is 14.5 Å². The number of hydrogen-bond acceptors (Lipinski definition) is 5. The molecule has 0 saturated carbocycles. The van der Waals surface area contributed by atoms with Crippen LogP contribution in [-0.2, 0) is 16.1 Å². The highest BCUT2D eigenvalue weighted by Gasteiger charge is 2.08. The molecule has 1 aromatic heterocycles. The van der Waals surface area contributed by atoms with Crippen molar-refractivity contribution in [2.24, 2.45) is 4.99 Å². The van der Waals surface area contributed by atoms with E-state index >= 15 is 0 Å². The Bertz CT molecular complexity index is 1140. The number of nitrogens with zero attached hydrogens (tertiary/aromatic N) is 3. The van der Waals surface area contributed by atoms with Gasteiger partial charge in [-0.3, -0.25) is 14.9 Å². The van der Waals surface area contributed by atoms with Gasteiger partial charge in [-0.15, -0.1) is 0 Å². The molecule has 1 amide bonds. The topological polar surface area (TPSA) is 86.7 Å². The van der Waals surface area contributed by atoms with Gasteiger partial charge in [-0.05, 0) is 43.2 Å².